The van der Waals surface area contributed by atoms with Crippen molar-refractivity contribution in [2.24, 2.45) is 14.4 Å². The van der Waals surface area contributed by atoms with Gasteiger partial charge in [0.05, 0.1) is 0 Å². The summed E-state index contributed by atoms with van der Waals surface area (Å²) in [4.78, 5) is 13.3. The molecule has 1 radical (unpaired) electrons. The zero-order valence-corrected chi connectivity index (χ0v) is 24.5. The summed E-state index contributed by atoms with van der Waals surface area (Å²) < 4.78 is 12.8. The molecule has 9 heteroatoms. The summed E-state index contributed by atoms with van der Waals surface area (Å²) in [6.45, 7) is 6.24. The predicted molar refractivity (Wildman–Crippen MR) is 152 cm³/mol. The van der Waals surface area contributed by atoms with Crippen LogP contribution in [0.25, 0.3) is 6.08 Å². The zero-order valence-electron chi connectivity index (χ0n) is 20.8. The Balaban J connectivity index is 1.51. The standard InChI is InChI=1S/C28H31AtN5O2S/c1-19-9-10-20(17-33-21-11-13-23(14-12-21)36-22-7-5-4-6-8-22)24(15-16-30)26(19)34-27(35)25-18-37-28(31)29(25,2)32-3/h4-16,18,28,33H,3,17,30-31H2,1-2H3,(H,34,35)/b16-15-. The average molecular weight is 712 g/mol. The molecule has 4 rings (SSSR count). The van der Waals surface area contributed by atoms with E-state index in [1.165, 1.54) is 18.0 Å². The Morgan fingerprint density at radius 2 is 1.84 bits per heavy atom. The average Bonchev–Trinajstić information content (AvgIpc) is 3.21. The molecule has 0 aromatic heterocycles. The van der Waals surface area contributed by atoms with Crippen LogP contribution >= 0.6 is 11.8 Å². The fourth-order valence-corrected chi connectivity index (χ4v) is 15.0. The Kier molecular flexibility index (Phi) is 8.69. The molecule has 0 bridgehead atoms. The molecule has 1 heterocycles. The van der Waals surface area contributed by atoms with Gasteiger partial charge in [0.15, 0.2) is 0 Å². The second kappa shape index (κ2) is 11.9. The van der Waals surface area contributed by atoms with Gasteiger partial charge in [0, 0.05) is 0 Å². The van der Waals surface area contributed by atoms with Crippen molar-refractivity contribution >= 4 is 41.8 Å². The number of hydrogen-bond acceptors (Lipinski definition) is 7. The molecule has 0 fully saturated rings. The molecule has 0 saturated heterocycles. The maximum absolute atomic E-state index is 13.3. The summed E-state index contributed by atoms with van der Waals surface area (Å²) in [5.74, 6) is 1.38. The number of aryl methyl sites for hydroxylation is 1. The van der Waals surface area contributed by atoms with Crippen molar-refractivity contribution in [2.75, 3.05) is 10.6 Å². The second-order valence-corrected chi connectivity index (χ2v) is 21.6. The van der Waals surface area contributed by atoms with Crippen molar-refractivity contribution in [3.8, 4) is 11.5 Å². The number of para-hydroxylation sites is 1. The molecule has 2 atom stereocenters. The van der Waals surface area contributed by atoms with Crippen LogP contribution in [0.15, 0.2) is 84.6 Å². The van der Waals surface area contributed by atoms with Crippen molar-refractivity contribution in [1.82, 2.24) is 0 Å². The number of hydrogen-bond donors (Lipinski definition) is 4. The number of thioether (sulfide) groups is 1. The maximum atomic E-state index is 13.3. The first kappa shape index (κ1) is 26.9. The third-order valence-electron chi connectivity index (χ3n) is 5.96. The van der Waals surface area contributed by atoms with E-state index in [9.17, 15) is 4.79 Å². The summed E-state index contributed by atoms with van der Waals surface area (Å²) in [5, 5.41) is 8.42. The summed E-state index contributed by atoms with van der Waals surface area (Å²) in [6.07, 6.45) is 3.30. The molecule has 1 aliphatic rings. The van der Waals surface area contributed by atoms with Crippen LogP contribution in [0.4, 0.5) is 11.4 Å². The Hall–Kier alpha value is -3.13. The molecule has 7 nitrogen and oxygen atoms in total. The van der Waals surface area contributed by atoms with Crippen LogP contribution in [0, 0.1) is 27.5 Å². The van der Waals surface area contributed by atoms with Gasteiger partial charge < -0.3 is 4.74 Å². The summed E-state index contributed by atoms with van der Waals surface area (Å²) in [6, 6.07) is 21.5. The van der Waals surface area contributed by atoms with Crippen molar-refractivity contribution < 1.29 is 30.1 Å². The molecule has 0 saturated carbocycles. The normalized spacial score (nSPS) is 20.6. The summed E-state index contributed by atoms with van der Waals surface area (Å²) in [5.41, 5.74) is 16.5. The zero-order chi connectivity index (χ0) is 26.4. The van der Waals surface area contributed by atoms with Crippen molar-refractivity contribution in [3.63, 3.8) is 0 Å². The number of carbonyl (C=O) groups is 1. The molecular formula is C28H31AtN5O2S. The minimum absolute atomic E-state index is 0.164. The van der Waals surface area contributed by atoms with Gasteiger partial charge in [0.25, 0.3) is 0 Å². The molecule has 1 aliphatic heterocycles. The molecular weight excluding hydrogens is 680 g/mol. The topological polar surface area (TPSA) is 115 Å². The number of nitrogens with one attached hydrogen (secondary N) is 2. The monoisotopic (exact) mass is 711 g/mol. The molecule has 37 heavy (non-hydrogen) atoms. The van der Waals surface area contributed by atoms with Crippen LogP contribution < -0.4 is 26.8 Å². The SMILES string of the molecule is C=N[At]1(C)C(C(=O)Nc2c(C)ccc(CNc3ccc(Oc4ccccc4)cc3)c2/C=C\N)=CSC1N. The Labute approximate surface area is 226 Å². The molecule has 0 spiro atoms. The van der Waals surface area contributed by atoms with Crippen LogP contribution in [-0.2, 0) is 11.3 Å². The first-order valence-electron chi connectivity index (χ1n) is 11.5. The third kappa shape index (κ3) is 6.07. The van der Waals surface area contributed by atoms with E-state index in [4.69, 9.17) is 16.2 Å². The van der Waals surface area contributed by atoms with Crippen LogP contribution in [0.2, 0.25) is 4.63 Å². The number of anilines is 2. The number of ether oxygens (including phenoxy) is 1. The van der Waals surface area contributed by atoms with Crippen LogP contribution in [0.1, 0.15) is 16.7 Å². The van der Waals surface area contributed by atoms with E-state index >= 15 is 0 Å². The van der Waals surface area contributed by atoms with E-state index in [-0.39, 0.29) is 8.99 Å². The number of rotatable bonds is 9. The number of benzene rings is 3. The first-order valence-corrected chi connectivity index (χ1v) is 19.9. The van der Waals surface area contributed by atoms with Crippen molar-refractivity contribution in [3.05, 3.63) is 98.3 Å². The molecule has 3 aromatic carbocycles. The summed E-state index contributed by atoms with van der Waals surface area (Å²) in [7, 11) is 0. The van der Waals surface area contributed by atoms with Gasteiger partial charge in [-0.2, -0.15) is 0 Å². The van der Waals surface area contributed by atoms with Crippen LogP contribution in [0.5, 0.6) is 11.5 Å². The van der Waals surface area contributed by atoms with E-state index in [1.54, 1.807) is 0 Å². The van der Waals surface area contributed by atoms with Gasteiger partial charge >= 0.3 is 187 Å². The van der Waals surface area contributed by atoms with Gasteiger partial charge in [-0.3, -0.25) is 0 Å². The molecule has 3 aromatic rings. The van der Waals surface area contributed by atoms with Gasteiger partial charge in [-0.15, -0.1) is 0 Å². The van der Waals surface area contributed by atoms with E-state index in [0.717, 1.165) is 39.6 Å². The third-order valence-corrected chi connectivity index (χ3v) is 20.9. The summed E-state index contributed by atoms with van der Waals surface area (Å²) >= 11 is -1.82. The number of amides is 1. The van der Waals surface area contributed by atoms with E-state index in [1.807, 2.05) is 89.8 Å². The fraction of sp³-hybridized carbons (Fsp3) is 0.143. The van der Waals surface area contributed by atoms with Crippen LogP contribution in [-0.4, -0.2) is 15.7 Å². The van der Waals surface area contributed by atoms with Gasteiger partial charge in [0.2, 0.25) is 0 Å². The van der Waals surface area contributed by atoms with Gasteiger partial charge in [-0.05, 0) is 12.1 Å². The molecule has 1 amide bonds. The quantitative estimate of drug-likeness (QED) is 0.205. The van der Waals surface area contributed by atoms with Crippen molar-refractivity contribution in [2.45, 2.75) is 21.2 Å². The number of nitrogens with zero attached hydrogens (tertiary/aromatic N) is 1. The second-order valence-electron chi connectivity index (χ2n) is 8.38. The molecule has 6 N–H and O–H groups in total. The Morgan fingerprint density at radius 3 is 2.51 bits per heavy atom. The molecule has 2 unspecified atom stereocenters. The minimum atomic E-state index is -3.28. The number of carbonyl (C=O) groups excluding carboxylic acids is 1. The van der Waals surface area contributed by atoms with E-state index in [2.05, 4.69) is 20.3 Å². The van der Waals surface area contributed by atoms with Crippen molar-refractivity contribution in [1.29, 1.82) is 0 Å². The number of nitrogens with two attached hydrogens (primary N) is 2. The Morgan fingerprint density at radius 1 is 1.14 bits per heavy atom. The molecule has 0 aliphatic carbocycles. The van der Waals surface area contributed by atoms with Gasteiger partial charge in [-0.25, -0.2) is 0 Å². The molecule has 193 valence electrons. The predicted octanol–water partition coefficient (Wildman–Crippen LogP) is 5.92. The first-order chi connectivity index (χ1) is 17.9. The van der Waals surface area contributed by atoms with E-state index < -0.39 is 20.6 Å². The fourth-order valence-electron chi connectivity index (χ4n) is 3.80. The van der Waals surface area contributed by atoms with Crippen LogP contribution in [0.3, 0.4) is 0 Å². The Bertz CT molecular complexity index is 1340. The van der Waals surface area contributed by atoms with Gasteiger partial charge in [0.1, 0.15) is 5.75 Å². The van der Waals surface area contributed by atoms with E-state index in [0.29, 0.717) is 9.83 Å². The van der Waals surface area contributed by atoms with Gasteiger partial charge in [-0.1, -0.05) is 18.2 Å².